The fraction of sp³-hybridized carbons (Fsp3) is 0.250. The summed E-state index contributed by atoms with van der Waals surface area (Å²) in [5.74, 6) is -0.428. The number of nitrogens with one attached hydrogen (secondary N) is 1. The second-order valence-corrected chi connectivity index (χ2v) is 8.38. The SMILES string of the molecule is Cc1cc(-c2nn(-c3cc(N4CC[C@H](O)C4)ccc3C(F)(F)F)c(=O)c3[nH]ccc23)ccc1F. The molecule has 0 amide bonds. The van der Waals surface area contributed by atoms with E-state index in [0.717, 1.165) is 10.7 Å². The number of fused-ring (bicyclic) bond motifs is 1. The molecule has 1 saturated heterocycles. The van der Waals surface area contributed by atoms with Gasteiger partial charge in [-0.1, -0.05) is 0 Å². The van der Waals surface area contributed by atoms with Crippen LogP contribution in [0, 0.1) is 12.7 Å². The minimum atomic E-state index is -4.74. The number of H-pyrrole nitrogens is 1. The fourth-order valence-electron chi connectivity index (χ4n) is 4.33. The Morgan fingerprint density at radius 1 is 1.15 bits per heavy atom. The summed E-state index contributed by atoms with van der Waals surface area (Å²) in [4.78, 5) is 17.8. The molecule has 6 nitrogen and oxygen atoms in total. The van der Waals surface area contributed by atoms with Gasteiger partial charge in [0.2, 0.25) is 0 Å². The van der Waals surface area contributed by atoms with E-state index in [2.05, 4.69) is 10.1 Å². The molecular weight excluding hydrogens is 452 g/mol. The molecule has 0 bridgehead atoms. The van der Waals surface area contributed by atoms with E-state index in [9.17, 15) is 27.5 Å². The number of rotatable bonds is 3. The van der Waals surface area contributed by atoms with Gasteiger partial charge in [-0.3, -0.25) is 4.79 Å². The van der Waals surface area contributed by atoms with Crippen molar-refractivity contribution in [2.75, 3.05) is 18.0 Å². The molecule has 10 heteroatoms. The van der Waals surface area contributed by atoms with Gasteiger partial charge in [0.25, 0.3) is 5.56 Å². The molecule has 0 spiro atoms. The Bertz CT molecular complexity index is 1460. The Morgan fingerprint density at radius 3 is 2.62 bits per heavy atom. The number of hydrogen-bond donors (Lipinski definition) is 2. The number of aromatic amines is 1. The van der Waals surface area contributed by atoms with E-state index in [-0.39, 0.29) is 17.8 Å². The molecular formula is C24H20F4N4O2. The van der Waals surface area contributed by atoms with Crippen LogP contribution in [0.2, 0.25) is 0 Å². The minimum absolute atomic E-state index is 0.0853. The summed E-state index contributed by atoms with van der Waals surface area (Å²) in [7, 11) is 0. The molecule has 2 aromatic heterocycles. The van der Waals surface area contributed by atoms with Crippen LogP contribution in [0.3, 0.4) is 0 Å². The predicted molar refractivity (Wildman–Crippen MR) is 120 cm³/mol. The highest BCUT2D eigenvalue weighted by molar-refractivity contribution is 5.92. The first kappa shape index (κ1) is 22.1. The molecule has 1 aliphatic heterocycles. The van der Waals surface area contributed by atoms with Crippen LogP contribution >= 0.6 is 0 Å². The summed E-state index contributed by atoms with van der Waals surface area (Å²) in [6, 6.07) is 9.38. The molecule has 0 aliphatic carbocycles. The third kappa shape index (κ3) is 3.73. The van der Waals surface area contributed by atoms with E-state index >= 15 is 0 Å². The van der Waals surface area contributed by atoms with Crippen LogP contribution < -0.4 is 10.5 Å². The van der Waals surface area contributed by atoms with Crippen LogP contribution in [-0.4, -0.2) is 39.1 Å². The van der Waals surface area contributed by atoms with Gasteiger partial charge in [-0.15, -0.1) is 0 Å². The third-order valence-corrected chi connectivity index (χ3v) is 6.08. The number of halogens is 4. The van der Waals surface area contributed by atoms with E-state index in [1.54, 1.807) is 17.9 Å². The number of benzene rings is 2. The largest absolute Gasteiger partial charge is 0.418 e. The lowest BCUT2D eigenvalue weighted by Gasteiger charge is -2.21. The van der Waals surface area contributed by atoms with Gasteiger partial charge in [0.05, 0.1) is 17.4 Å². The van der Waals surface area contributed by atoms with Crippen LogP contribution in [0.1, 0.15) is 17.5 Å². The Hall–Kier alpha value is -3.66. The lowest BCUT2D eigenvalue weighted by atomic mass is 10.1. The van der Waals surface area contributed by atoms with Gasteiger partial charge in [0.1, 0.15) is 17.0 Å². The monoisotopic (exact) mass is 472 g/mol. The maximum absolute atomic E-state index is 14.0. The molecule has 0 radical (unpaired) electrons. The van der Waals surface area contributed by atoms with Gasteiger partial charge in [-0.2, -0.15) is 23.0 Å². The standard InChI is InChI=1S/C24H20F4N4O2/c1-13-10-14(2-5-19(13)25)21-17-6-8-29-22(17)23(34)32(30-21)20-11-15(31-9-7-16(33)12-31)3-4-18(20)24(26,27)28/h2-6,8,10-11,16,29,33H,7,9,12H2,1H3/t16-/m0/s1. The highest BCUT2D eigenvalue weighted by Gasteiger charge is 2.36. The van der Waals surface area contributed by atoms with Crippen molar-refractivity contribution in [2.45, 2.75) is 25.6 Å². The second kappa shape index (κ2) is 7.98. The van der Waals surface area contributed by atoms with Crippen molar-refractivity contribution < 1.29 is 22.7 Å². The lowest BCUT2D eigenvalue weighted by molar-refractivity contribution is -0.137. The van der Waals surface area contributed by atoms with E-state index in [0.29, 0.717) is 35.2 Å². The molecule has 3 heterocycles. The summed E-state index contributed by atoms with van der Waals surface area (Å²) in [5.41, 5.74) is -0.608. The zero-order valence-electron chi connectivity index (χ0n) is 18.0. The van der Waals surface area contributed by atoms with Crippen molar-refractivity contribution >= 4 is 16.6 Å². The molecule has 1 aliphatic rings. The van der Waals surface area contributed by atoms with Crippen LogP contribution in [0.25, 0.3) is 27.8 Å². The molecule has 1 atom stereocenters. The van der Waals surface area contributed by atoms with Crippen molar-refractivity contribution in [3.63, 3.8) is 0 Å². The molecule has 1 fully saturated rings. The van der Waals surface area contributed by atoms with E-state index < -0.39 is 34.9 Å². The van der Waals surface area contributed by atoms with Crippen LogP contribution in [0.5, 0.6) is 0 Å². The summed E-state index contributed by atoms with van der Waals surface area (Å²) in [5, 5.41) is 14.6. The Kier molecular flexibility index (Phi) is 5.20. The van der Waals surface area contributed by atoms with Crippen LogP contribution in [0.15, 0.2) is 53.5 Å². The topological polar surface area (TPSA) is 74.2 Å². The number of β-amino-alcohol motifs (C(OH)–C–C–N with tert-alkyl or cyclic N) is 1. The summed E-state index contributed by atoms with van der Waals surface area (Å²) in [6.45, 7) is 2.33. The van der Waals surface area contributed by atoms with Gasteiger partial charge in [-0.25, -0.2) is 4.39 Å². The predicted octanol–water partition coefficient (Wildman–Crippen LogP) is 4.42. The zero-order chi connectivity index (χ0) is 24.2. The number of alkyl halides is 3. The molecule has 176 valence electrons. The second-order valence-electron chi connectivity index (χ2n) is 8.38. The number of hydrogen-bond acceptors (Lipinski definition) is 4. The Balaban J connectivity index is 1.78. The normalized spacial score (nSPS) is 16.5. The van der Waals surface area contributed by atoms with Crippen molar-refractivity contribution in [1.29, 1.82) is 0 Å². The molecule has 4 aromatic rings. The first-order valence-electron chi connectivity index (χ1n) is 10.6. The molecule has 0 unspecified atom stereocenters. The average Bonchev–Trinajstić information content (AvgIpc) is 3.45. The van der Waals surface area contributed by atoms with E-state index in [4.69, 9.17) is 0 Å². The molecule has 5 rings (SSSR count). The number of aliphatic hydroxyl groups is 1. The number of aliphatic hydroxyl groups excluding tert-OH is 1. The first-order chi connectivity index (χ1) is 16.1. The maximum Gasteiger partial charge on any atom is 0.418 e. The zero-order valence-corrected chi connectivity index (χ0v) is 18.0. The van der Waals surface area contributed by atoms with Crippen molar-refractivity contribution in [3.8, 4) is 16.9 Å². The lowest BCUT2D eigenvalue weighted by Crippen LogP contribution is -2.26. The number of aromatic nitrogens is 3. The van der Waals surface area contributed by atoms with Gasteiger partial charge in [0.15, 0.2) is 0 Å². The van der Waals surface area contributed by atoms with Crippen molar-refractivity contribution in [1.82, 2.24) is 14.8 Å². The highest BCUT2D eigenvalue weighted by Crippen LogP contribution is 2.37. The van der Waals surface area contributed by atoms with Crippen molar-refractivity contribution in [3.05, 3.63) is 76.0 Å². The van der Waals surface area contributed by atoms with Gasteiger partial charge >= 0.3 is 6.18 Å². The highest BCUT2D eigenvalue weighted by atomic mass is 19.4. The molecule has 0 saturated carbocycles. The maximum atomic E-state index is 14.0. The van der Waals surface area contributed by atoms with Gasteiger partial charge < -0.3 is 15.0 Å². The smallest absolute Gasteiger partial charge is 0.391 e. The quantitative estimate of drug-likeness (QED) is 0.433. The van der Waals surface area contributed by atoms with Gasteiger partial charge in [0, 0.05) is 35.9 Å². The van der Waals surface area contributed by atoms with Crippen LogP contribution in [-0.2, 0) is 6.18 Å². The third-order valence-electron chi connectivity index (χ3n) is 6.08. The fourth-order valence-corrected chi connectivity index (χ4v) is 4.33. The summed E-state index contributed by atoms with van der Waals surface area (Å²) >= 11 is 0. The summed E-state index contributed by atoms with van der Waals surface area (Å²) in [6.07, 6.45) is -3.31. The molecule has 2 aromatic carbocycles. The average molecular weight is 472 g/mol. The van der Waals surface area contributed by atoms with Gasteiger partial charge in [-0.05, 0) is 61.4 Å². The number of aryl methyl sites for hydroxylation is 1. The van der Waals surface area contributed by atoms with E-state index in [1.165, 1.54) is 36.5 Å². The van der Waals surface area contributed by atoms with Crippen molar-refractivity contribution in [2.24, 2.45) is 0 Å². The molecule has 34 heavy (non-hydrogen) atoms. The molecule has 2 N–H and O–H groups in total. The number of anilines is 1. The first-order valence-corrected chi connectivity index (χ1v) is 10.6. The van der Waals surface area contributed by atoms with Crippen LogP contribution in [0.4, 0.5) is 23.2 Å². The minimum Gasteiger partial charge on any atom is -0.391 e. The summed E-state index contributed by atoms with van der Waals surface area (Å²) < 4.78 is 56.5. The number of nitrogens with zero attached hydrogens (tertiary/aromatic N) is 3. The Morgan fingerprint density at radius 2 is 1.94 bits per heavy atom. The Labute approximate surface area is 191 Å². The van der Waals surface area contributed by atoms with E-state index in [1.807, 2.05) is 0 Å².